The Morgan fingerprint density at radius 2 is 1.81 bits per heavy atom. The molecule has 1 aromatic heterocycles. The number of nitrogens with two attached hydrogens (primary N) is 1. The van der Waals surface area contributed by atoms with Crippen LogP contribution in [-0.2, 0) is 0 Å². The zero-order chi connectivity index (χ0) is 12.0. The Kier molecular flexibility index (Phi) is 4.98. The van der Waals surface area contributed by atoms with E-state index in [1.807, 2.05) is 20.2 Å². The van der Waals surface area contributed by atoms with E-state index in [1.165, 1.54) is 0 Å². The van der Waals surface area contributed by atoms with Gasteiger partial charge in [-0.1, -0.05) is 0 Å². The van der Waals surface area contributed by atoms with Gasteiger partial charge in [-0.3, -0.25) is 0 Å². The average Bonchev–Trinajstić information content (AvgIpc) is 2.35. The molecule has 0 bridgehead atoms. The maximum Gasteiger partial charge on any atom is 0.133 e. The first kappa shape index (κ1) is 12.7. The zero-order valence-electron chi connectivity index (χ0n) is 10.3. The highest BCUT2D eigenvalue weighted by molar-refractivity contribution is 5.49. The Hall–Kier alpha value is -1.36. The number of rotatable bonds is 6. The van der Waals surface area contributed by atoms with Crippen molar-refractivity contribution in [3.05, 3.63) is 12.4 Å². The molecule has 0 fully saturated rings. The third-order valence-corrected chi connectivity index (χ3v) is 2.59. The van der Waals surface area contributed by atoms with E-state index >= 15 is 0 Å². The molecule has 90 valence electrons. The van der Waals surface area contributed by atoms with Crippen molar-refractivity contribution in [1.82, 2.24) is 9.97 Å². The Morgan fingerprint density at radius 1 is 1.19 bits per heavy atom. The first-order chi connectivity index (χ1) is 7.69. The van der Waals surface area contributed by atoms with Crippen LogP contribution in [0.5, 0.6) is 0 Å². The molecule has 5 nitrogen and oxygen atoms in total. The van der Waals surface area contributed by atoms with Crippen molar-refractivity contribution in [2.75, 3.05) is 43.5 Å². The first-order valence-electron chi connectivity index (χ1n) is 5.63. The molecule has 0 aromatic carbocycles. The van der Waals surface area contributed by atoms with Crippen molar-refractivity contribution in [2.24, 2.45) is 5.73 Å². The smallest absolute Gasteiger partial charge is 0.133 e. The topological polar surface area (TPSA) is 58.3 Å². The lowest BCUT2D eigenvalue weighted by molar-refractivity contribution is 0.783. The van der Waals surface area contributed by atoms with E-state index in [4.69, 9.17) is 5.73 Å². The summed E-state index contributed by atoms with van der Waals surface area (Å²) in [6.45, 7) is 4.66. The minimum Gasteiger partial charge on any atom is -0.360 e. The Morgan fingerprint density at radius 3 is 2.38 bits per heavy atom. The molecule has 0 radical (unpaired) electrons. The van der Waals surface area contributed by atoms with Gasteiger partial charge in [0.2, 0.25) is 0 Å². The average molecular weight is 223 g/mol. The van der Waals surface area contributed by atoms with Crippen molar-refractivity contribution >= 4 is 11.6 Å². The maximum absolute atomic E-state index is 5.49. The Balaban J connectivity index is 2.73. The second-order valence-electron chi connectivity index (χ2n) is 3.81. The van der Waals surface area contributed by atoms with Crippen LogP contribution in [0.25, 0.3) is 0 Å². The summed E-state index contributed by atoms with van der Waals surface area (Å²) in [6, 6.07) is 2.00. The van der Waals surface area contributed by atoms with Crippen molar-refractivity contribution in [3.8, 4) is 0 Å². The third kappa shape index (κ3) is 3.34. The van der Waals surface area contributed by atoms with Gasteiger partial charge in [-0.25, -0.2) is 9.97 Å². The van der Waals surface area contributed by atoms with Crippen LogP contribution in [0.3, 0.4) is 0 Å². The summed E-state index contributed by atoms with van der Waals surface area (Å²) in [4.78, 5) is 12.7. The molecule has 5 heteroatoms. The summed E-state index contributed by atoms with van der Waals surface area (Å²) in [5.41, 5.74) is 5.49. The molecule has 0 spiro atoms. The monoisotopic (exact) mass is 223 g/mol. The lowest BCUT2D eigenvalue weighted by Gasteiger charge is -2.20. The molecule has 16 heavy (non-hydrogen) atoms. The highest BCUT2D eigenvalue weighted by Crippen LogP contribution is 2.15. The minimum atomic E-state index is 0.705. The molecule has 0 unspecified atom stereocenters. The predicted molar refractivity (Wildman–Crippen MR) is 67.9 cm³/mol. The highest BCUT2D eigenvalue weighted by atomic mass is 15.2. The first-order valence-corrected chi connectivity index (χ1v) is 5.63. The largest absolute Gasteiger partial charge is 0.360 e. The summed E-state index contributed by atoms with van der Waals surface area (Å²) in [6.07, 6.45) is 2.58. The molecule has 0 aliphatic rings. The van der Waals surface area contributed by atoms with E-state index in [2.05, 4.69) is 26.7 Å². The van der Waals surface area contributed by atoms with Crippen molar-refractivity contribution in [1.29, 1.82) is 0 Å². The predicted octanol–water partition coefficient (Wildman–Crippen LogP) is 0.718. The van der Waals surface area contributed by atoms with E-state index in [0.717, 1.165) is 31.1 Å². The van der Waals surface area contributed by atoms with Gasteiger partial charge in [0.25, 0.3) is 0 Å². The molecule has 0 atom stereocenters. The molecular formula is C11H21N5. The van der Waals surface area contributed by atoms with Crippen LogP contribution in [0.1, 0.15) is 13.3 Å². The quantitative estimate of drug-likeness (QED) is 0.770. The van der Waals surface area contributed by atoms with Gasteiger partial charge >= 0.3 is 0 Å². The lowest BCUT2D eigenvalue weighted by atomic mass is 10.4. The van der Waals surface area contributed by atoms with Gasteiger partial charge in [-0.15, -0.1) is 0 Å². The van der Waals surface area contributed by atoms with Crippen LogP contribution in [0.2, 0.25) is 0 Å². The van der Waals surface area contributed by atoms with Crippen LogP contribution >= 0.6 is 0 Å². The summed E-state index contributed by atoms with van der Waals surface area (Å²) in [5.74, 6) is 1.89. The molecule has 0 aliphatic carbocycles. The van der Waals surface area contributed by atoms with E-state index in [-0.39, 0.29) is 0 Å². The van der Waals surface area contributed by atoms with E-state index in [9.17, 15) is 0 Å². The minimum absolute atomic E-state index is 0.705. The normalized spacial score (nSPS) is 10.2. The molecule has 1 rings (SSSR count). The van der Waals surface area contributed by atoms with Gasteiger partial charge in [0.15, 0.2) is 0 Å². The number of aromatic nitrogens is 2. The van der Waals surface area contributed by atoms with E-state index < -0.39 is 0 Å². The summed E-state index contributed by atoms with van der Waals surface area (Å²) in [5, 5.41) is 0. The number of hydrogen-bond acceptors (Lipinski definition) is 5. The van der Waals surface area contributed by atoms with Crippen molar-refractivity contribution in [3.63, 3.8) is 0 Å². The molecule has 1 aromatic rings. The van der Waals surface area contributed by atoms with Crippen molar-refractivity contribution < 1.29 is 0 Å². The van der Waals surface area contributed by atoms with Crippen LogP contribution < -0.4 is 15.5 Å². The van der Waals surface area contributed by atoms with Gasteiger partial charge in [0, 0.05) is 33.3 Å². The summed E-state index contributed by atoms with van der Waals surface area (Å²) in [7, 11) is 4.04. The SMILES string of the molecule is CCN(C)c1cc(N(C)CCCN)ncn1. The number of nitrogens with zero attached hydrogens (tertiary/aromatic N) is 4. The van der Waals surface area contributed by atoms with Crippen LogP contribution in [0, 0.1) is 0 Å². The number of anilines is 2. The van der Waals surface area contributed by atoms with Gasteiger partial charge in [0.1, 0.15) is 18.0 Å². The molecule has 2 N–H and O–H groups in total. The van der Waals surface area contributed by atoms with Crippen molar-refractivity contribution in [2.45, 2.75) is 13.3 Å². The van der Waals surface area contributed by atoms with Crippen LogP contribution in [0.4, 0.5) is 11.6 Å². The second-order valence-corrected chi connectivity index (χ2v) is 3.81. The molecule has 0 amide bonds. The van der Waals surface area contributed by atoms with E-state index in [1.54, 1.807) is 6.33 Å². The van der Waals surface area contributed by atoms with Gasteiger partial charge in [0.05, 0.1) is 0 Å². The Labute approximate surface area is 97.3 Å². The zero-order valence-corrected chi connectivity index (χ0v) is 10.3. The summed E-state index contributed by atoms with van der Waals surface area (Å²) >= 11 is 0. The third-order valence-electron chi connectivity index (χ3n) is 2.59. The molecule has 0 saturated heterocycles. The highest BCUT2D eigenvalue weighted by Gasteiger charge is 2.05. The van der Waals surface area contributed by atoms with E-state index in [0.29, 0.717) is 6.54 Å². The fraction of sp³-hybridized carbons (Fsp3) is 0.636. The van der Waals surface area contributed by atoms with Crippen LogP contribution in [-0.4, -0.2) is 43.7 Å². The van der Waals surface area contributed by atoms with Crippen LogP contribution in [0.15, 0.2) is 12.4 Å². The maximum atomic E-state index is 5.49. The summed E-state index contributed by atoms with van der Waals surface area (Å²) < 4.78 is 0. The molecule has 0 aliphatic heterocycles. The fourth-order valence-electron chi connectivity index (χ4n) is 1.36. The van der Waals surface area contributed by atoms with Gasteiger partial charge in [-0.2, -0.15) is 0 Å². The standard InChI is InChI=1S/C11H21N5/c1-4-15(2)10-8-11(14-9-13-10)16(3)7-5-6-12/h8-9H,4-7,12H2,1-3H3. The van der Waals surface area contributed by atoms with Gasteiger partial charge in [-0.05, 0) is 19.9 Å². The second kappa shape index (κ2) is 6.27. The van der Waals surface area contributed by atoms with Gasteiger partial charge < -0.3 is 15.5 Å². The fourth-order valence-corrected chi connectivity index (χ4v) is 1.36. The lowest BCUT2D eigenvalue weighted by Crippen LogP contribution is -2.23. The molecule has 0 saturated carbocycles. The number of hydrogen-bond donors (Lipinski definition) is 1. The Bertz CT molecular complexity index is 315. The molecular weight excluding hydrogens is 202 g/mol. The molecule has 1 heterocycles.